The van der Waals surface area contributed by atoms with E-state index in [9.17, 15) is 4.79 Å². The van der Waals surface area contributed by atoms with Crippen LogP contribution in [0, 0.1) is 6.92 Å². The van der Waals surface area contributed by atoms with Gasteiger partial charge < -0.3 is 9.47 Å². The summed E-state index contributed by atoms with van der Waals surface area (Å²) in [4.78, 5) is 16.6. The Morgan fingerprint density at radius 2 is 1.87 bits per heavy atom. The first kappa shape index (κ1) is 20.2. The van der Waals surface area contributed by atoms with Crippen LogP contribution in [0.4, 0.5) is 0 Å². The fourth-order valence-electron chi connectivity index (χ4n) is 2.97. The summed E-state index contributed by atoms with van der Waals surface area (Å²) in [6, 6.07) is 20.4. The maximum Gasteiger partial charge on any atom is 0.363 e. The average molecular weight is 438 g/mol. The van der Waals surface area contributed by atoms with Crippen molar-refractivity contribution in [2.24, 2.45) is 4.99 Å². The molecule has 3 aromatic carbocycles. The topological polar surface area (TPSA) is 47.9 Å². The molecule has 0 aromatic heterocycles. The number of carbonyl (C=O) groups excluding carboxylic acids is 1. The molecule has 1 aliphatic heterocycles. The third-order valence-electron chi connectivity index (χ3n) is 4.60. The van der Waals surface area contributed by atoms with E-state index in [0.717, 1.165) is 11.1 Å². The van der Waals surface area contributed by atoms with Crippen molar-refractivity contribution >= 4 is 41.1 Å². The summed E-state index contributed by atoms with van der Waals surface area (Å²) in [5.41, 5.74) is 3.76. The highest BCUT2D eigenvalue weighted by molar-refractivity contribution is 6.37. The summed E-state index contributed by atoms with van der Waals surface area (Å²) in [6.07, 6.45) is 1.65. The second-order valence-electron chi connectivity index (χ2n) is 6.75. The maximum absolute atomic E-state index is 12.3. The fraction of sp³-hybridized carbons (Fsp3) is 0.0833. The number of benzene rings is 3. The van der Waals surface area contributed by atoms with Gasteiger partial charge in [0, 0.05) is 5.02 Å². The Morgan fingerprint density at radius 3 is 2.67 bits per heavy atom. The predicted octanol–water partition coefficient (Wildman–Crippen LogP) is 6.23. The molecule has 0 unspecified atom stereocenters. The number of nitrogens with zero attached hydrogens (tertiary/aromatic N) is 1. The van der Waals surface area contributed by atoms with Gasteiger partial charge in [0.15, 0.2) is 5.70 Å². The molecule has 6 heteroatoms. The largest absolute Gasteiger partial charge is 0.489 e. The van der Waals surface area contributed by atoms with Crippen LogP contribution < -0.4 is 4.74 Å². The number of cyclic esters (lactones) is 1. The van der Waals surface area contributed by atoms with E-state index in [0.29, 0.717) is 28.0 Å². The molecule has 0 fully saturated rings. The molecule has 3 aromatic rings. The van der Waals surface area contributed by atoms with E-state index in [-0.39, 0.29) is 11.6 Å². The summed E-state index contributed by atoms with van der Waals surface area (Å²) in [7, 11) is 0. The maximum atomic E-state index is 12.3. The van der Waals surface area contributed by atoms with E-state index in [1.165, 1.54) is 5.56 Å². The highest BCUT2D eigenvalue weighted by atomic mass is 35.5. The van der Waals surface area contributed by atoms with Gasteiger partial charge in [-0.15, -0.1) is 0 Å². The lowest BCUT2D eigenvalue weighted by molar-refractivity contribution is -0.129. The molecule has 150 valence electrons. The molecule has 0 amide bonds. The second kappa shape index (κ2) is 8.74. The number of ether oxygens (including phenoxy) is 2. The van der Waals surface area contributed by atoms with Crippen LogP contribution in [0.2, 0.25) is 10.0 Å². The zero-order valence-electron chi connectivity index (χ0n) is 16.1. The van der Waals surface area contributed by atoms with Crippen LogP contribution in [0.15, 0.2) is 77.4 Å². The van der Waals surface area contributed by atoms with Crippen molar-refractivity contribution in [3.05, 3.63) is 105 Å². The van der Waals surface area contributed by atoms with Gasteiger partial charge in [-0.25, -0.2) is 9.79 Å². The van der Waals surface area contributed by atoms with Gasteiger partial charge in [-0.05, 0) is 60.0 Å². The molecule has 0 saturated heterocycles. The van der Waals surface area contributed by atoms with Crippen LogP contribution in [-0.2, 0) is 16.1 Å². The molecule has 0 bridgehead atoms. The molecule has 0 aliphatic carbocycles. The normalized spacial score (nSPS) is 14.6. The molecular formula is C24H17Cl2NO3. The molecule has 1 heterocycles. The zero-order valence-corrected chi connectivity index (χ0v) is 17.6. The second-order valence-corrected chi connectivity index (χ2v) is 7.59. The van der Waals surface area contributed by atoms with Crippen LogP contribution >= 0.6 is 23.2 Å². The Hall–Kier alpha value is -3.08. The molecule has 30 heavy (non-hydrogen) atoms. The Labute approximate surface area is 184 Å². The van der Waals surface area contributed by atoms with Crippen molar-refractivity contribution in [3.63, 3.8) is 0 Å². The smallest absolute Gasteiger partial charge is 0.363 e. The van der Waals surface area contributed by atoms with Crippen LogP contribution in [0.1, 0.15) is 22.3 Å². The predicted molar refractivity (Wildman–Crippen MR) is 119 cm³/mol. The van der Waals surface area contributed by atoms with Gasteiger partial charge in [0.25, 0.3) is 0 Å². The molecule has 0 atom stereocenters. The summed E-state index contributed by atoms with van der Waals surface area (Å²) in [5.74, 6) is 0.311. The monoisotopic (exact) mass is 437 g/mol. The van der Waals surface area contributed by atoms with Crippen LogP contribution in [0.25, 0.3) is 6.08 Å². The van der Waals surface area contributed by atoms with Gasteiger partial charge >= 0.3 is 5.97 Å². The lowest BCUT2D eigenvalue weighted by Crippen LogP contribution is -2.05. The van der Waals surface area contributed by atoms with E-state index < -0.39 is 5.97 Å². The highest BCUT2D eigenvalue weighted by Gasteiger charge is 2.25. The van der Waals surface area contributed by atoms with Gasteiger partial charge in [0.2, 0.25) is 5.90 Å². The minimum atomic E-state index is -0.540. The van der Waals surface area contributed by atoms with Gasteiger partial charge in [-0.2, -0.15) is 0 Å². The first-order chi connectivity index (χ1) is 14.5. The minimum absolute atomic E-state index is 0.153. The van der Waals surface area contributed by atoms with E-state index in [1.54, 1.807) is 24.3 Å². The van der Waals surface area contributed by atoms with Gasteiger partial charge in [0.1, 0.15) is 12.4 Å². The van der Waals surface area contributed by atoms with Crippen LogP contribution in [0.3, 0.4) is 0 Å². The van der Waals surface area contributed by atoms with E-state index in [4.69, 9.17) is 32.7 Å². The average Bonchev–Trinajstić information content (AvgIpc) is 3.07. The Balaban J connectivity index is 1.54. The number of hydrogen-bond donors (Lipinski definition) is 0. The Bertz CT molecular complexity index is 1180. The zero-order chi connectivity index (χ0) is 21.1. The van der Waals surface area contributed by atoms with Gasteiger partial charge in [-0.1, -0.05) is 59.6 Å². The van der Waals surface area contributed by atoms with Crippen molar-refractivity contribution in [3.8, 4) is 5.75 Å². The third kappa shape index (κ3) is 4.56. The molecular weight excluding hydrogens is 421 g/mol. The van der Waals surface area contributed by atoms with Crippen LogP contribution in [-0.4, -0.2) is 11.9 Å². The van der Waals surface area contributed by atoms with E-state index in [2.05, 4.69) is 4.99 Å². The lowest BCUT2D eigenvalue weighted by Gasteiger charge is -2.09. The number of halogens is 2. The molecule has 0 radical (unpaired) electrons. The van der Waals surface area contributed by atoms with Crippen molar-refractivity contribution in [1.82, 2.24) is 0 Å². The Morgan fingerprint density at radius 1 is 1.03 bits per heavy atom. The Kier molecular flexibility index (Phi) is 5.88. The van der Waals surface area contributed by atoms with Crippen molar-refractivity contribution in [2.45, 2.75) is 13.5 Å². The molecule has 4 nitrogen and oxygen atoms in total. The molecule has 1 aliphatic rings. The van der Waals surface area contributed by atoms with Crippen molar-refractivity contribution < 1.29 is 14.3 Å². The highest BCUT2D eigenvalue weighted by Crippen LogP contribution is 2.27. The number of aryl methyl sites for hydroxylation is 1. The number of aliphatic imine (C=N–C) groups is 1. The number of esters is 1. The number of rotatable bonds is 5. The molecule has 0 saturated carbocycles. The lowest BCUT2D eigenvalue weighted by atomic mass is 10.1. The number of hydrogen-bond acceptors (Lipinski definition) is 4. The summed E-state index contributed by atoms with van der Waals surface area (Å²) in [6.45, 7) is 2.51. The standard InChI is InChI=1S/C24H17Cl2NO3/c1-15-5-2-3-7-17(15)14-29-19-8-4-6-16(11-19)12-22-24(28)30-23(27-22)20-10-9-18(25)13-21(20)26/h2-13H,14H2,1H3/b22-12-. The third-order valence-corrected chi connectivity index (χ3v) is 5.15. The molecule has 0 spiro atoms. The van der Waals surface area contributed by atoms with Crippen molar-refractivity contribution in [2.75, 3.05) is 0 Å². The van der Waals surface area contributed by atoms with Gasteiger partial charge in [0.05, 0.1) is 10.6 Å². The van der Waals surface area contributed by atoms with Crippen molar-refractivity contribution in [1.29, 1.82) is 0 Å². The van der Waals surface area contributed by atoms with Crippen LogP contribution in [0.5, 0.6) is 5.75 Å². The SMILES string of the molecule is Cc1ccccc1COc1cccc(/C=C2\N=C(c3ccc(Cl)cc3Cl)OC2=O)c1. The van der Waals surface area contributed by atoms with E-state index >= 15 is 0 Å². The summed E-state index contributed by atoms with van der Waals surface area (Å²) in [5, 5.41) is 0.855. The molecule has 4 rings (SSSR count). The molecule has 0 N–H and O–H groups in total. The quantitative estimate of drug-likeness (QED) is 0.351. The van der Waals surface area contributed by atoms with E-state index in [1.807, 2.05) is 55.5 Å². The minimum Gasteiger partial charge on any atom is -0.489 e. The van der Waals surface area contributed by atoms with Gasteiger partial charge in [-0.3, -0.25) is 0 Å². The number of carbonyl (C=O) groups is 1. The fourth-order valence-corrected chi connectivity index (χ4v) is 3.46. The first-order valence-electron chi connectivity index (χ1n) is 9.25. The summed E-state index contributed by atoms with van der Waals surface area (Å²) >= 11 is 12.1. The first-order valence-corrected chi connectivity index (χ1v) is 10.0. The summed E-state index contributed by atoms with van der Waals surface area (Å²) < 4.78 is 11.2.